The number of carbonyl (C=O) groups is 2. The molecule has 5 nitrogen and oxygen atoms in total. The number of hydrogen-bond donors (Lipinski definition) is 3. The van der Waals surface area contributed by atoms with Crippen LogP contribution >= 0.6 is 12.2 Å². The third kappa shape index (κ3) is 8.31. The Morgan fingerprint density at radius 3 is 2.14 bits per heavy atom. The number of rotatable bonds is 11. The van der Waals surface area contributed by atoms with Gasteiger partial charge in [-0.1, -0.05) is 72.9 Å². The van der Waals surface area contributed by atoms with Crippen LogP contribution in [0.2, 0.25) is 0 Å². The molecule has 0 aliphatic carbocycles. The molecule has 0 saturated carbocycles. The molecule has 0 spiro atoms. The Hall–Kier alpha value is -2.73. The molecule has 0 radical (unpaired) electrons. The molecule has 3 N–H and O–H groups in total. The van der Waals surface area contributed by atoms with Gasteiger partial charge < -0.3 is 15.7 Å². The summed E-state index contributed by atoms with van der Waals surface area (Å²) < 4.78 is 0. The van der Waals surface area contributed by atoms with E-state index in [0.29, 0.717) is 18.0 Å². The average molecular weight is 399 g/mol. The highest BCUT2D eigenvalue weighted by Gasteiger charge is 2.18. The molecule has 2 rings (SSSR count). The molecule has 28 heavy (non-hydrogen) atoms. The summed E-state index contributed by atoms with van der Waals surface area (Å²) in [6.07, 6.45) is 2.18. The average Bonchev–Trinajstić information content (AvgIpc) is 2.70. The Morgan fingerprint density at radius 1 is 0.929 bits per heavy atom. The van der Waals surface area contributed by atoms with Crippen molar-refractivity contribution in [1.29, 1.82) is 0 Å². The number of carboxylic acid groups (broad SMARTS) is 1. The number of aryl methyl sites for hydroxylation is 1. The number of nitrogens with one attached hydrogen (secondary N) is 2. The van der Waals surface area contributed by atoms with E-state index >= 15 is 0 Å². The Bertz CT molecular complexity index is 766. The molecule has 0 bridgehead atoms. The third-order valence-corrected chi connectivity index (χ3v) is 4.71. The fraction of sp³-hybridized carbons (Fsp3) is 0.318. The number of thiocarbonyl (C=S) groups is 1. The maximum absolute atomic E-state index is 12.1. The van der Waals surface area contributed by atoms with Crippen LogP contribution in [0.25, 0.3) is 0 Å². The van der Waals surface area contributed by atoms with Crippen LogP contribution in [0.3, 0.4) is 0 Å². The molecule has 2 aromatic rings. The highest BCUT2D eigenvalue weighted by molar-refractivity contribution is 7.80. The zero-order chi connectivity index (χ0) is 20.2. The highest BCUT2D eigenvalue weighted by Crippen LogP contribution is 2.06. The first-order valence-electron chi connectivity index (χ1n) is 9.41. The second-order valence-corrected chi connectivity index (χ2v) is 7.02. The van der Waals surface area contributed by atoms with Crippen molar-refractivity contribution >= 4 is 29.1 Å². The molecule has 0 fully saturated rings. The summed E-state index contributed by atoms with van der Waals surface area (Å²) in [5.74, 6) is -1.30. The smallest absolute Gasteiger partial charge is 0.303 e. The predicted molar refractivity (Wildman–Crippen MR) is 114 cm³/mol. The van der Waals surface area contributed by atoms with Crippen molar-refractivity contribution in [1.82, 2.24) is 10.6 Å². The van der Waals surface area contributed by atoms with E-state index in [2.05, 4.69) is 22.8 Å². The van der Waals surface area contributed by atoms with E-state index in [1.165, 1.54) is 5.56 Å². The van der Waals surface area contributed by atoms with Crippen LogP contribution in [-0.2, 0) is 22.4 Å². The van der Waals surface area contributed by atoms with Gasteiger partial charge in [-0.05, 0) is 30.4 Å². The zero-order valence-electron chi connectivity index (χ0n) is 15.8. The predicted octanol–water partition coefficient (Wildman–Crippen LogP) is 3.13. The van der Waals surface area contributed by atoms with Gasteiger partial charge in [-0.3, -0.25) is 9.59 Å². The molecule has 6 heteroatoms. The SMILES string of the molecule is O=C(O)CCC(=O)NC(Cc1ccccc1)C(=S)NCCCc1ccccc1. The van der Waals surface area contributed by atoms with Crippen molar-refractivity contribution in [2.45, 2.75) is 38.1 Å². The topological polar surface area (TPSA) is 78.4 Å². The Balaban J connectivity index is 1.87. The lowest BCUT2D eigenvalue weighted by Gasteiger charge is -2.21. The fourth-order valence-corrected chi connectivity index (χ4v) is 3.06. The van der Waals surface area contributed by atoms with Crippen molar-refractivity contribution in [3.05, 3.63) is 71.8 Å². The standard InChI is InChI=1S/C22H26N2O3S/c25-20(13-14-21(26)27)24-19(16-18-10-5-2-6-11-18)22(28)23-15-7-12-17-8-3-1-4-9-17/h1-6,8-11,19H,7,12-16H2,(H,23,28)(H,24,25)(H,26,27). The van der Waals surface area contributed by atoms with Crippen LogP contribution in [0.5, 0.6) is 0 Å². The van der Waals surface area contributed by atoms with Crippen LogP contribution in [-0.4, -0.2) is 34.6 Å². The molecular weight excluding hydrogens is 372 g/mol. The van der Waals surface area contributed by atoms with E-state index in [1.807, 2.05) is 48.5 Å². The molecule has 1 unspecified atom stereocenters. The van der Waals surface area contributed by atoms with Crippen LogP contribution in [0.15, 0.2) is 60.7 Å². The molecule has 2 aromatic carbocycles. The Labute approximate surface area is 171 Å². The van der Waals surface area contributed by atoms with Gasteiger partial charge in [0, 0.05) is 13.0 Å². The van der Waals surface area contributed by atoms with Crippen molar-refractivity contribution in [2.24, 2.45) is 0 Å². The maximum Gasteiger partial charge on any atom is 0.303 e. The molecule has 1 atom stereocenters. The first kappa shape index (κ1) is 21.6. The van der Waals surface area contributed by atoms with Crippen molar-refractivity contribution in [2.75, 3.05) is 6.54 Å². The van der Waals surface area contributed by atoms with Gasteiger partial charge >= 0.3 is 5.97 Å². The zero-order valence-corrected chi connectivity index (χ0v) is 16.6. The lowest BCUT2D eigenvalue weighted by molar-refractivity contribution is -0.138. The van der Waals surface area contributed by atoms with E-state index in [1.54, 1.807) is 0 Å². The maximum atomic E-state index is 12.1. The number of aliphatic carboxylic acids is 1. The number of benzene rings is 2. The van der Waals surface area contributed by atoms with Crippen LogP contribution in [0.1, 0.15) is 30.4 Å². The fourth-order valence-electron chi connectivity index (χ4n) is 2.82. The molecule has 0 aromatic heterocycles. The number of carbonyl (C=O) groups excluding carboxylic acids is 1. The number of hydrogen-bond acceptors (Lipinski definition) is 3. The largest absolute Gasteiger partial charge is 0.481 e. The van der Waals surface area contributed by atoms with Gasteiger partial charge in [-0.2, -0.15) is 0 Å². The Kier molecular flexibility index (Phi) is 9.15. The van der Waals surface area contributed by atoms with Crippen molar-refractivity contribution in [3.8, 4) is 0 Å². The first-order valence-corrected chi connectivity index (χ1v) is 9.82. The molecular formula is C22H26N2O3S. The summed E-state index contributed by atoms with van der Waals surface area (Å²) >= 11 is 5.52. The lowest BCUT2D eigenvalue weighted by Crippen LogP contribution is -2.47. The quantitative estimate of drug-likeness (QED) is 0.400. The Morgan fingerprint density at radius 2 is 1.54 bits per heavy atom. The summed E-state index contributed by atoms with van der Waals surface area (Å²) in [5.41, 5.74) is 2.33. The van der Waals surface area contributed by atoms with Gasteiger partial charge in [0.1, 0.15) is 0 Å². The van der Waals surface area contributed by atoms with E-state index in [9.17, 15) is 9.59 Å². The summed E-state index contributed by atoms with van der Waals surface area (Å²) in [7, 11) is 0. The monoisotopic (exact) mass is 398 g/mol. The van der Waals surface area contributed by atoms with Gasteiger partial charge in [0.15, 0.2) is 0 Å². The lowest BCUT2D eigenvalue weighted by atomic mass is 10.1. The molecule has 148 valence electrons. The van der Waals surface area contributed by atoms with E-state index < -0.39 is 5.97 Å². The highest BCUT2D eigenvalue weighted by atomic mass is 32.1. The van der Waals surface area contributed by atoms with E-state index in [4.69, 9.17) is 17.3 Å². The summed E-state index contributed by atoms with van der Waals surface area (Å²) in [4.78, 5) is 23.4. The van der Waals surface area contributed by atoms with Crippen LogP contribution in [0.4, 0.5) is 0 Å². The summed E-state index contributed by atoms with van der Waals surface area (Å²) in [6, 6.07) is 19.6. The number of amides is 1. The molecule has 0 saturated heterocycles. The third-order valence-electron chi connectivity index (χ3n) is 4.28. The molecule has 0 aliphatic heterocycles. The van der Waals surface area contributed by atoms with Gasteiger partial charge in [0.2, 0.25) is 5.91 Å². The minimum atomic E-state index is -0.989. The van der Waals surface area contributed by atoms with Gasteiger partial charge in [0.25, 0.3) is 0 Å². The van der Waals surface area contributed by atoms with Gasteiger partial charge in [-0.15, -0.1) is 0 Å². The van der Waals surface area contributed by atoms with Crippen LogP contribution < -0.4 is 10.6 Å². The van der Waals surface area contributed by atoms with Gasteiger partial charge in [-0.25, -0.2) is 0 Å². The van der Waals surface area contributed by atoms with Gasteiger partial charge in [0.05, 0.1) is 17.5 Å². The summed E-state index contributed by atoms with van der Waals surface area (Å²) in [6.45, 7) is 0.712. The van der Waals surface area contributed by atoms with E-state index in [-0.39, 0.29) is 24.8 Å². The van der Waals surface area contributed by atoms with Crippen molar-refractivity contribution in [3.63, 3.8) is 0 Å². The van der Waals surface area contributed by atoms with Crippen molar-refractivity contribution < 1.29 is 14.7 Å². The molecule has 0 heterocycles. The minimum Gasteiger partial charge on any atom is -0.481 e. The normalized spacial score (nSPS) is 11.4. The minimum absolute atomic E-state index is 0.0583. The van der Waals surface area contributed by atoms with E-state index in [0.717, 1.165) is 18.4 Å². The second-order valence-electron chi connectivity index (χ2n) is 6.58. The number of carboxylic acids is 1. The second kappa shape index (κ2) is 11.9. The first-order chi connectivity index (χ1) is 13.5. The van der Waals surface area contributed by atoms with Crippen LogP contribution in [0, 0.1) is 0 Å². The molecule has 0 aliphatic rings. The molecule has 1 amide bonds. The summed E-state index contributed by atoms with van der Waals surface area (Å²) in [5, 5.41) is 14.9.